The Hall–Kier alpha value is -3.23. The zero-order valence-corrected chi connectivity index (χ0v) is 19.7. The van der Waals surface area contributed by atoms with Gasteiger partial charge in [-0.3, -0.25) is 4.90 Å². The summed E-state index contributed by atoms with van der Waals surface area (Å²) in [6.07, 6.45) is -4.79. The van der Waals surface area contributed by atoms with E-state index < -0.39 is 6.36 Å². The first-order valence-electron chi connectivity index (χ1n) is 11.7. The minimum Gasteiger partial charge on any atom is -0.404 e. The van der Waals surface area contributed by atoms with Crippen molar-refractivity contribution in [3.63, 3.8) is 0 Å². The molecule has 0 aliphatic carbocycles. The van der Waals surface area contributed by atoms with E-state index in [1.807, 2.05) is 60.7 Å². The number of benzene rings is 3. The molecule has 3 aromatic rings. The molecule has 186 valence electrons. The topological polar surface area (TPSA) is 37.0 Å². The van der Waals surface area contributed by atoms with Crippen LogP contribution < -0.4 is 15.0 Å². The van der Waals surface area contributed by atoms with Gasteiger partial charge in [-0.1, -0.05) is 60.7 Å². The summed E-state index contributed by atoms with van der Waals surface area (Å²) in [5.41, 5.74) is 3.02. The van der Waals surface area contributed by atoms with E-state index in [0.717, 1.165) is 49.5 Å². The summed E-state index contributed by atoms with van der Waals surface area (Å²) in [4.78, 5) is 4.51. The van der Waals surface area contributed by atoms with Gasteiger partial charge in [0.05, 0.1) is 18.3 Å². The SMILES string of the molecule is COCCN1CCN(c2ccc(OC(F)(F)F)c(NC(c3ccccc3)c3ccccc3)c2)CC1. The Labute approximate surface area is 204 Å². The van der Waals surface area contributed by atoms with Crippen LogP contribution in [0.5, 0.6) is 5.75 Å². The fourth-order valence-corrected chi connectivity index (χ4v) is 4.30. The summed E-state index contributed by atoms with van der Waals surface area (Å²) in [6, 6.07) is 23.8. The van der Waals surface area contributed by atoms with Gasteiger partial charge in [0.1, 0.15) is 0 Å². The van der Waals surface area contributed by atoms with Gasteiger partial charge in [-0.25, -0.2) is 0 Å². The second kappa shape index (κ2) is 11.5. The predicted octanol–water partition coefficient (Wildman–Crippen LogP) is 5.56. The lowest BCUT2D eigenvalue weighted by atomic mass is 9.98. The molecule has 1 N–H and O–H groups in total. The number of nitrogens with zero attached hydrogens (tertiary/aromatic N) is 2. The summed E-state index contributed by atoms with van der Waals surface area (Å²) < 4.78 is 49.3. The molecule has 0 bridgehead atoms. The molecule has 1 aliphatic rings. The molecule has 8 heteroatoms. The summed E-state index contributed by atoms with van der Waals surface area (Å²) >= 11 is 0. The summed E-state index contributed by atoms with van der Waals surface area (Å²) in [5.74, 6) is -0.253. The molecular weight excluding hydrogens is 455 g/mol. The van der Waals surface area contributed by atoms with Gasteiger partial charge in [0, 0.05) is 45.5 Å². The Morgan fingerprint density at radius 1 is 0.857 bits per heavy atom. The van der Waals surface area contributed by atoms with Gasteiger partial charge < -0.3 is 19.7 Å². The van der Waals surface area contributed by atoms with E-state index in [9.17, 15) is 13.2 Å². The van der Waals surface area contributed by atoms with Crippen LogP contribution in [0.1, 0.15) is 17.2 Å². The number of alkyl halides is 3. The van der Waals surface area contributed by atoms with Crippen LogP contribution in [0.4, 0.5) is 24.5 Å². The van der Waals surface area contributed by atoms with Crippen molar-refractivity contribution in [2.75, 3.05) is 56.7 Å². The van der Waals surface area contributed by atoms with E-state index in [0.29, 0.717) is 12.3 Å². The van der Waals surface area contributed by atoms with Crippen LogP contribution in [-0.4, -0.2) is 57.7 Å². The largest absolute Gasteiger partial charge is 0.573 e. The monoisotopic (exact) mass is 485 g/mol. The minimum atomic E-state index is -4.79. The van der Waals surface area contributed by atoms with Gasteiger partial charge in [-0.05, 0) is 29.3 Å². The maximum Gasteiger partial charge on any atom is 0.573 e. The zero-order valence-electron chi connectivity index (χ0n) is 19.7. The third-order valence-corrected chi connectivity index (χ3v) is 6.10. The van der Waals surface area contributed by atoms with E-state index in [-0.39, 0.29) is 11.8 Å². The average molecular weight is 486 g/mol. The Bertz CT molecular complexity index is 1020. The Morgan fingerprint density at radius 2 is 1.46 bits per heavy atom. The lowest BCUT2D eigenvalue weighted by Crippen LogP contribution is -2.47. The highest BCUT2D eigenvalue weighted by atomic mass is 19.4. The molecule has 0 unspecified atom stereocenters. The number of rotatable bonds is 9. The van der Waals surface area contributed by atoms with Crippen molar-refractivity contribution in [1.29, 1.82) is 0 Å². The van der Waals surface area contributed by atoms with Crippen molar-refractivity contribution in [3.05, 3.63) is 90.0 Å². The smallest absolute Gasteiger partial charge is 0.404 e. The molecule has 1 saturated heterocycles. The first-order valence-corrected chi connectivity index (χ1v) is 11.7. The normalized spacial score (nSPS) is 14.8. The molecule has 0 aromatic heterocycles. The maximum atomic E-state index is 13.2. The first-order chi connectivity index (χ1) is 16.9. The van der Waals surface area contributed by atoms with E-state index in [1.54, 1.807) is 19.2 Å². The molecule has 1 aliphatic heterocycles. The Morgan fingerprint density at radius 3 is 2.00 bits per heavy atom. The van der Waals surface area contributed by atoms with Crippen LogP contribution in [0.15, 0.2) is 78.9 Å². The number of piperazine rings is 1. The molecule has 0 saturated carbocycles. The van der Waals surface area contributed by atoms with Crippen molar-refractivity contribution < 1.29 is 22.6 Å². The summed E-state index contributed by atoms with van der Waals surface area (Å²) in [7, 11) is 1.69. The van der Waals surface area contributed by atoms with Crippen molar-refractivity contribution in [1.82, 2.24) is 4.90 Å². The van der Waals surface area contributed by atoms with Gasteiger partial charge in [-0.15, -0.1) is 13.2 Å². The third kappa shape index (κ3) is 6.90. The molecule has 35 heavy (non-hydrogen) atoms. The third-order valence-electron chi connectivity index (χ3n) is 6.10. The molecule has 4 rings (SSSR count). The van der Waals surface area contributed by atoms with Crippen LogP contribution in [0, 0.1) is 0 Å². The van der Waals surface area contributed by atoms with E-state index in [2.05, 4.69) is 19.9 Å². The van der Waals surface area contributed by atoms with Gasteiger partial charge in [0.15, 0.2) is 5.75 Å². The van der Waals surface area contributed by atoms with Gasteiger partial charge in [0.25, 0.3) is 0 Å². The minimum absolute atomic E-state index is 0.253. The number of ether oxygens (including phenoxy) is 2. The van der Waals surface area contributed by atoms with Gasteiger partial charge in [-0.2, -0.15) is 0 Å². The average Bonchev–Trinajstić information content (AvgIpc) is 2.87. The first kappa shape index (κ1) is 24.9. The number of nitrogens with one attached hydrogen (secondary N) is 1. The number of anilines is 2. The molecule has 0 amide bonds. The molecular formula is C27H30F3N3O2. The van der Waals surface area contributed by atoms with E-state index in [4.69, 9.17) is 4.74 Å². The van der Waals surface area contributed by atoms with E-state index >= 15 is 0 Å². The fraction of sp³-hybridized carbons (Fsp3) is 0.333. The molecule has 0 radical (unpaired) electrons. The Balaban J connectivity index is 1.63. The highest BCUT2D eigenvalue weighted by molar-refractivity contribution is 5.67. The van der Waals surface area contributed by atoms with Crippen LogP contribution in [0.25, 0.3) is 0 Å². The van der Waals surface area contributed by atoms with Crippen molar-refractivity contribution in [2.45, 2.75) is 12.4 Å². The second-order valence-electron chi connectivity index (χ2n) is 8.45. The van der Waals surface area contributed by atoms with Crippen LogP contribution in [0.3, 0.4) is 0 Å². The lowest BCUT2D eigenvalue weighted by molar-refractivity contribution is -0.274. The molecule has 0 spiro atoms. The summed E-state index contributed by atoms with van der Waals surface area (Å²) in [5, 5.41) is 3.34. The van der Waals surface area contributed by atoms with Crippen LogP contribution in [0.2, 0.25) is 0 Å². The maximum absolute atomic E-state index is 13.2. The highest BCUT2D eigenvalue weighted by Crippen LogP contribution is 2.37. The highest BCUT2D eigenvalue weighted by Gasteiger charge is 2.33. The van der Waals surface area contributed by atoms with Gasteiger partial charge >= 0.3 is 6.36 Å². The van der Waals surface area contributed by atoms with Crippen molar-refractivity contribution in [2.24, 2.45) is 0 Å². The number of hydrogen-bond donors (Lipinski definition) is 1. The van der Waals surface area contributed by atoms with Gasteiger partial charge in [0.2, 0.25) is 0 Å². The van der Waals surface area contributed by atoms with Crippen molar-refractivity contribution >= 4 is 11.4 Å². The number of halogens is 3. The second-order valence-corrected chi connectivity index (χ2v) is 8.45. The summed E-state index contributed by atoms with van der Waals surface area (Å²) in [6.45, 7) is 4.84. The standard InChI is InChI=1S/C27H30F3N3O2/c1-34-19-18-32-14-16-33(17-15-32)23-12-13-25(35-27(28,29)30)24(20-23)31-26(21-8-4-2-5-9-21)22-10-6-3-7-11-22/h2-13,20,26,31H,14-19H2,1H3. The van der Waals surface area contributed by atoms with E-state index in [1.165, 1.54) is 6.07 Å². The van der Waals surface area contributed by atoms with Crippen molar-refractivity contribution in [3.8, 4) is 5.75 Å². The van der Waals surface area contributed by atoms with Crippen LogP contribution in [-0.2, 0) is 4.74 Å². The molecule has 3 aromatic carbocycles. The fourth-order valence-electron chi connectivity index (χ4n) is 4.30. The lowest BCUT2D eigenvalue weighted by Gasteiger charge is -2.36. The molecule has 1 heterocycles. The molecule has 5 nitrogen and oxygen atoms in total. The number of methoxy groups -OCH3 is 1. The number of hydrogen-bond acceptors (Lipinski definition) is 5. The quantitative estimate of drug-likeness (QED) is 0.430. The molecule has 1 fully saturated rings. The molecule has 0 atom stereocenters. The zero-order chi connectivity index (χ0) is 24.7. The van der Waals surface area contributed by atoms with Crippen LogP contribution >= 0.6 is 0 Å². The predicted molar refractivity (Wildman–Crippen MR) is 132 cm³/mol. The Kier molecular flexibility index (Phi) is 8.15.